The van der Waals surface area contributed by atoms with Crippen molar-refractivity contribution in [3.8, 4) is 11.6 Å². The van der Waals surface area contributed by atoms with Crippen LogP contribution in [0.25, 0.3) is 11.6 Å². The van der Waals surface area contributed by atoms with E-state index in [1.165, 1.54) is 11.2 Å². The van der Waals surface area contributed by atoms with Gasteiger partial charge in [-0.3, -0.25) is 0 Å². The summed E-state index contributed by atoms with van der Waals surface area (Å²) in [6, 6.07) is 0.136. The van der Waals surface area contributed by atoms with E-state index in [4.69, 9.17) is 8.94 Å². The van der Waals surface area contributed by atoms with Gasteiger partial charge >= 0.3 is 35.6 Å². The van der Waals surface area contributed by atoms with Crippen molar-refractivity contribution in [2.45, 2.75) is 18.4 Å². The number of nitrogens with zero attached hydrogens (tertiary/aromatic N) is 5. The smallest absolute Gasteiger partial charge is 0.724 e. The molecular weight excluding hydrogens is 369 g/mol. The van der Waals surface area contributed by atoms with Crippen LogP contribution in [0.5, 0.6) is 0 Å². The summed E-state index contributed by atoms with van der Waals surface area (Å²) in [5, 5.41) is 12.0. The summed E-state index contributed by atoms with van der Waals surface area (Å²) in [4.78, 5) is 13.5. The Kier molecular flexibility index (Phi) is 4.87. The number of rotatable bonds is 4. The second-order valence-electron chi connectivity index (χ2n) is 5.33. The summed E-state index contributed by atoms with van der Waals surface area (Å²) in [6.45, 7) is 0.543. The van der Waals surface area contributed by atoms with Crippen molar-refractivity contribution < 1.29 is 60.5 Å². The van der Waals surface area contributed by atoms with Crippen LogP contribution in [-0.4, -0.2) is 63.5 Å². The van der Waals surface area contributed by atoms with Gasteiger partial charge in [0.05, 0.1) is 12.0 Å². The SMILES string of the molecule is O=C1N2CC[C@@H](c3nnc(-c4ccon4)o3)[C@H](C2)N1OS(=O)(=O)[O-].[Na+]. The van der Waals surface area contributed by atoms with Crippen LogP contribution in [-0.2, 0) is 14.7 Å². The monoisotopic (exact) mass is 379 g/mol. The summed E-state index contributed by atoms with van der Waals surface area (Å²) in [5.41, 5.74) is 0.351. The molecule has 25 heavy (non-hydrogen) atoms. The molecule has 2 aromatic heterocycles. The molecule has 0 unspecified atom stereocenters. The van der Waals surface area contributed by atoms with E-state index in [2.05, 4.69) is 19.6 Å². The van der Waals surface area contributed by atoms with Gasteiger partial charge in [0.2, 0.25) is 16.3 Å². The molecule has 2 saturated heterocycles. The number of amides is 2. The number of piperidine rings is 1. The van der Waals surface area contributed by atoms with Crippen LogP contribution in [0.2, 0.25) is 0 Å². The third-order valence-electron chi connectivity index (χ3n) is 3.93. The van der Waals surface area contributed by atoms with Crippen molar-refractivity contribution in [3.63, 3.8) is 0 Å². The molecule has 0 saturated carbocycles. The minimum absolute atomic E-state index is 0. The molecule has 4 heterocycles. The second-order valence-corrected chi connectivity index (χ2v) is 6.30. The predicted molar refractivity (Wildman–Crippen MR) is 70.5 cm³/mol. The van der Waals surface area contributed by atoms with Crippen molar-refractivity contribution in [3.05, 3.63) is 18.2 Å². The van der Waals surface area contributed by atoms with Crippen LogP contribution < -0.4 is 29.6 Å². The Morgan fingerprint density at radius 3 is 2.84 bits per heavy atom. The van der Waals surface area contributed by atoms with E-state index < -0.39 is 28.4 Å². The molecule has 4 rings (SSSR count). The Bertz CT molecular complexity index is 869. The van der Waals surface area contributed by atoms with Crippen LogP contribution in [0, 0.1) is 0 Å². The van der Waals surface area contributed by atoms with E-state index in [0.29, 0.717) is 23.7 Å². The molecule has 2 atom stereocenters. The van der Waals surface area contributed by atoms with Crippen LogP contribution in [0.1, 0.15) is 18.2 Å². The van der Waals surface area contributed by atoms with E-state index in [-0.39, 0.29) is 47.9 Å². The molecule has 0 N–H and O–H groups in total. The Labute approximate surface area is 163 Å². The van der Waals surface area contributed by atoms with Crippen molar-refractivity contribution in [1.82, 2.24) is 25.3 Å². The van der Waals surface area contributed by atoms with E-state index in [1.807, 2.05) is 0 Å². The molecule has 14 heteroatoms. The Balaban J connectivity index is 0.00000182. The molecule has 2 aromatic rings. The van der Waals surface area contributed by atoms with Gasteiger partial charge in [0.25, 0.3) is 5.89 Å². The molecule has 0 radical (unpaired) electrons. The minimum atomic E-state index is -5.08. The summed E-state index contributed by atoms with van der Waals surface area (Å²) in [6.07, 6.45) is 1.80. The van der Waals surface area contributed by atoms with Gasteiger partial charge in [0, 0.05) is 19.2 Å². The summed E-state index contributed by atoms with van der Waals surface area (Å²) in [7, 11) is -5.08. The van der Waals surface area contributed by atoms with Crippen LogP contribution in [0.4, 0.5) is 4.79 Å². The van der Waals surface area contributed by atoms with E-state index in [0.717, 1.165) is 0 Å². The Morgan fingerprint density at radius 1 is 1.36 bits per heavy atom. The number of hydrogen-bond donors (Lipinski definition) is 0. The molecular formula is C11H10N5NaO7S. The number of hydrogen-bond acceptors (Lipinski definition) is 10. The second kappa shape index (κ2) is 6.66. The summed E-state index contributed by atoms with van der Waals surface area (Å²) < 4.78 is 47.1. The maximum absolute atomic E-state index is 12.1. The molecule has 2 bridgehead atoms. The third-order valence-corrected chi connectivity index (χ3v) is 4.27. The average molecular weight is 379 g/mol. The van der Waals surface area contributed by atoms with E-state index in [9.17, 15) is 17.8 Å². The number of aromatic nitrogens is 3. The van der Waals surface area contributed by atoms with Gasteiger partial charge < -0.3 is 18.4 Å². The van der Waals surface area contributed by atoms with Crippen LogP contribution in [0.15, 0.2) is 21.3 Å². The number of fused-ring (bicyclic) bond motifs is 2. The van der Waals surface area contributed by atoms with Gasteiger partial charge in [0.15, 0.2) is 5.69 Å². The fourth-order valence-corrected chi connectivity index (χ4v) is 3.28. The van der Waals surface area contributed by atoms with Crippen molar-refractivity contribution in [1.29, 1.82) is 0 Å². The molecule has 0 aromatic carbocycles. The molecule has 0 aliphatic carbocycles. The van der Waals surface area contributed by atoms with E-state index >= 15 is 0 Å². The van der Waals surface area contributed by atoms with Gasteiger partial charge in [0.1, 0.15) is 6.26 Å². The van der Waals surface area contributed by atoms with Crippen LogP contribution >= 0.6 is 0 Å². The predicted octanol–water partition coefficient (Wildman–Crippen LogP) is -3.29. The number of carbonyl (C=O) groups excluding carboxylic acids is 1. The standard InChI is InChI=1S/C11H11N5O7S.Na/c17-11-15-3-1-6(8(5-15)16(11)23-24(18,19)20)9-12-13-10(22-9)7-2-4-21-14-7;/h2,4,6,8H,1,3,5H2,(H,18,19,20);/q;+1/p-1/t6-,8+;/m1./s1. The minimum Gasteiger partial charge on any atom is -0.724 e. The van der Waals surface area contributed by atoms with Gasteiger partial charge in [-0.25, -0.2) is 13.2 Å². The fourth-order valence-electron chi connectivity index (χ4n) is 2.91. The Morgan fingerprint density at radius 2 is 2.16 bits per heavy atom. The quantitative estimate of drug-likeness (QED) is 0.300. The maximum Gasteiger partial charge on any atom is 1.00 e. The topological polar surface area (TPSA) is 155 Å². The first kappa shape index (κ1) is 18.3. The molecule has 0 spiro atoms. The first-order valence-corrected chi connectivity index (χ1v) is 8.23. The van der Waals surface area contributed by atoms with E-state index in [1.54, 1.807) is 6.07 Å². The summed E-state index contributed by atoms with van der Waals surface area (Å²) >= 11 is 0. The first-order valence-electron chi connectivity index (χ1n) is 6.90. The largest absolute Gasteiger partial charge is 1.00 e. The van der Waals surface area contributed by atoms with Crippen molar-refractivity contribution in [2.24, 2.45) is 0 Å². The van der Waals surface area contributed by atoms with Crippen molar-refractivity contribution in [2.75, 3.05) is 13.1 Å². The zero-order valence-corrected chi connectivity index (χ0v) is 15.7. The van der Waals surface area contributed by atoms with Gasteiger partial charge in [-0.1, -0.05) is 5.16 Å². The first-order chi connectivity index (χ1) is 11.4. The molecule has 2 amide bonds. The number of urea groups is 1. The van der Waals surface area contributed by atoms with Gasteiger partial charge in [-0.05, 0) is 6.42 Å². The molecule has 128 valence electrons. The third kappa shape index (κ3) is 3.43. The zero-order chi connectivity index (χ0) is 16.9. The average Bonchev–Trinajstić information content (AvgIpc) is 3.24. The zero-order valence-electron chi connectivity index (χ0n) is 12.9. The van der Waals surface area contributed by atoms with Crippen LogP contribution in [0.3, 0.4) is 0 Å². The maximum atomic E-state index is 12.1. The fraction of sp³-hybridized carbons (Fsp3) is 0.455. The molecule has 2 aliphatic heterocycles. The molecule has 2 fully saturated rings. The number of carbonyl (C=O) groups is 1. The Hall–Kier alpha value is -1.51. The number of hydroxylamine groups is 2. The molecule has 12 nitrogen and oxygen atoms in total. The molecule has 2 aliphatic rings. The summed E-state index contributed by atoms with van der Waals surface area (Å²) in [5.74, 6) is -0.138. The normalized spacial score (nSPS) is 23.0. The van der Waals surface area contributed by atoms with Gasteiger partial charge in [-0.2, -0.15) is 9.35 Å². The van der Waals surface area contributed by atoms with Crippen molar-refractivity contribution >= 4 is 16.4 Å². The van der Waals surface area contributed by atoms with Gasteiger partial charge in [-0.15, -0.1) is 10.2 Å².